The maximum atomic E-state index is 12.9. The van der Waals surface area contributed by atoms with Gasteiger partial charge in [0.2, 0.25) is 0 Å². The number of carbonyl (C=O) groups excluding carboxylic acids is 2. The van der Waals surface area contributed by atoms with Gasteiger partial charge < -0.3 is 29.9 Å². The van der Waals surface area contributed by atoms with Crippen LogP contribution in [0.4, 0.5) is 13.2 Å². The number of fused-ring (bicyclic) bond motifs is 1. The van der Waals surface area contributed by atoms with Crippen LogP contribution in [0.1, 0.15) is 46.2 Å². The number of aliphatic hydroxyl groups excluding tert-OH is 1. The summed E-state index contributed by atoms with van der Waals surface area (Å²) in [6, 6.07) is 14.0. The number of carbonyl (C=O) groups is 2. The zero-order chi connectivity index (χ0) is 28.4. The van der Waals surface area contributed by atoms with E-state index in [0.29, 0.717) is 46.6 Å². The molecule has 1 unspecified atom stereocenters. The van der Waals surface area contributed by atoms with Crippen LogP contribution in [0.25, 0.3) is 22.4 Å². The zero-order valence-corrected chi connectivity index (χ0v) is 22.0. The summed E-state index contributed by atoms with van der Waals surface area (Å²) in [7, 11) is 2.06. The van der Waals surface area contributed by atoms with Crippen LogP contribution in [-0.4, -0.2) is 72.1 Å². The van der Waals surface area contributed by atoms with Crippen molar-refractivity contribution in [2.45, 2.75) is 37.7 Å². The molecule has 0 radical (unpaired) electrons. The average molecular weight is 557 g/mol. The van der Waals surface area contributed by atoms with Crippen LogP contribution in [0, 0.1) is 0 Å². The van der Waals surface area contributed by atoms with Gasteiger partial charge in [0, 0.05) is 30.3 Å². The van der Waals surface area contributed by atoms with E-state index in [2.05, 4.69) is 27.3 Å². The Labute approximate surface area is 229 Å². The molecule has 3 N–H and O–H groups in total. The number of alkyl halides is 3. The second kappa shape index (κ2) is 11.3. The van der Waals surface area contributed by atoms with Crippen molar-refractivity contribution in [2.24, 2.45) is 0 Å². The first kappa shape index (κ1) is 27.7. The Morgan fingerprint density at radius 1 is 1.10 bits per heavy atom. The highest BCUT2D eigenvalue weighted by atomic mass is 19.4. The molecule has 40 heavy (non-hydrogen) atoms. The number of amides is 2. The number of ether oxygens (including phenoxy) is 1. The monoisotopic (exact) mass is 556 g/mol. The first-order valence-corrected chi connectivity index (χ1v) is 13.2. The SMILES string of the molecule is CN1CCC(NC(=O)c2ccc(-c3c(-c4cccc(OC(F)(F)F)c4)cc4n3C(CCO)CNC4=O)cc2)CC1. The van der Waals surface area contributed by atoms with E-state index in [9.17, 15) is 27.9 Å². The average Bonchev–Trinajstić information content (AvgIpc) is 3.33. The normalized spacial score (nSPS) is 18.2. The second-order valence-corrected chi connectivity index (χ2v) is 10.2. The van der Waals surface area contributed by atoms with Gasteiger partial charge in [0.1, 0.15) is 11.4 Å². The predicted octanol–water partition coefficient (Wildman–Crippen LogP) is 4.21. The number of hydrogen-bond donors (Lipinski definition) is 3. The van der Waals surface area contributed by atoms with Crippen molar-refractivity contribution in [1.29, 1.82) is 0 Å². The summed E-state index contributed by atoms with van der Waals surface area (Å²) in [6.45, 7) is 2.02. The molecule has 8 nitrogen and oxygen atoms in total. The fourth-order valence-electron chi connectivity index (χ4n) is 5.43. The molecular weight excluding hydrogens is 525 g/mol. The minimum atomic E-state index is -4.85. The maximum Gasteiger partial charge on any atom is 0.573 e. The highest BCUT2D eigenvalue weighted by Gasteiger charge is 2.33. The van der Waals surface area contributed by atoms with E-state index >= 15 is 0 Å². The number of nitrogens with zero attached hydrogens (tertiary/aromatic N) is 2. The number of benzene rings is 2. The highest BCUT2D eigenvalue weighted by molar-refractivity contribution is 5.99. The Kier molecular flexibility index (Phi) is 7.86. The van der Waals surface area contributed by atoms with E-state index in [1.807, 2.05) is 4.57 Å². The van der Waals surface area contributed by atoms with Gasteiger partial charge in [0.15, 0.2) is 0 Å². The molecule has 1 aromatic heterocycles. The minimum absolute atomic E-state index is 0.108. The van der Waals surface area contributed by atoms with Crippen molar-refractivity contribution in [3.8, 4) is 28.1 Å². The number of likely N-dealkylation sites (tertiary alicyclic amines) is 1. The number of nitrogens with one attached hydrogen (secondary N) is 2. The first-order valence-electron chi connectivity index (χ1n) is 13.2. The number of piperidine rings is 1. The lowest BCUT2D eigenvalue weighted by Crippen LogP contribution is -2.43. The van der Waals surface area contributed by atoms with E-state index in [1.165, 1.54) is 18.2 Å². The lowest BCUT2D eigenvalue weighted by atomic mass is 9.99. The van der Waals surface area contributed by atoms with Crippen molar-refractivity contribution in [3.05, 3.63) is 65.9 Å². The highest BCUT2D eigenvalue weighted by Crippen LogP contribution is 2.40. The molecule has 0 spiro atoms. The molecule has 0 saturated carbocycles. The van der Waals surface area contributed by atoms with E-state index in [1.54, 1.807) is 36.4 Å². The van der Waals surface area contributed by atoms with Crippen LogP contribution in [-0.2, 0) is 0 Å². The second-order valence-electron chi connectivity index (χ2n) is 10.2. The molecule has 2 amide bonds. The lowest BCUT2D eigenvalue weighted by Gasteiger charge is -2.29. The van der Waals surface area contributed by atoms with E-state index in [4.69, 9.17) is 0 Å². The number of aromatic nitrogens is 1. The number of halogens is 3. The van der Waals surface area contributed by atoms with Crippen LogP contribution in [0.15, 0.2) is 54.6 Å². The summed E-state index contributed by atoms with van der Waals surface area (Å²) in [6.07, 6.45) is -2.73. The van der Waals surface area contributed by atoms with Crippen molar-refractivity contribution < 1.29 is 32.6 Å². The maximum absolute atomic E-state index is 12.9. The van der Waals surface area contributed by atoms with Crippen molar-refractivity contribution in [3.63, 3.8) is 0 Å². The Morgan fingerprint density at radius 3 is 2.50 bits per heavy atom. The van der Waals surface area contributed by atoms with Crippen molar-refractivity contribution >= 4 is 11.8 Å². The van der Waals surface area contributed by atoms with Crippen LogP contribution in [0.2, 0.25) is 0 Å². The van der Waals surface area contributed by atoms with E-state index in [-0.39, 0.29) is 36.3 Å². The molecule has 0 bridgehead atoms. The summed E-state index contributed by atoms with van der Waals surface area (Å²) >= 11 is 0. The molecule has 212 valence electrons. The van der Waals surface area contributed by atoms with Crippen LogP contribution in [0.5, 0.6) is 5.75 Å². The quantitative estimate of drug-likeness (QED) is 0.405. The summed E-state index contributed by atoms with van der Waals surface area (Å²) < 4.78 is 44.7. The van der Waals surface area contributed by atoms with Crippen LogP contribution >= 0.6 is 0 Å². The molecule has 3 aromatic rings. The van der Waals surface area contributed by atoms with Gasteiger partial charge in [0.05, 0.1) is 11.7 Å². The topological polar surface area (TPSA) is 95.8 Å². The molecule has 3 heterocycles. The molecule has 11 heteroatoms. The third kappa shape index (κ3) is 6.00. The molecule has 2 aliphatic rings. The van der Waals surface area contributed by atoms with Crippen molar-refractivity contribution in [2.75, 3.05) is 33.3 Å². The Morgan fingerprint density at radius 2 is 1.82 bits per heavy atom. The Bertz CT molecular complexity index is 1380. The third-order valence-electron chi connectivity index (χ3n) is 7.45. The largest absolute Gasteiger partial charge is 0.573 e. The molecule has 0 aliphatic carbocycles. The zero-order valence-electron chi connectivity index (χ0n) is 22.0. The van der Waals surface area contributed by atoms with E-state index in [0.717, 1.165) is 25.9 Å². The molecule has 5 rings (SSSR count). The third-order valence-corrected chi connectivity index (χ3v) is 7.45. The number of hydrogen-bond acceptors (Lipinski definition) is 5. The van der Waals surface area contributed by atoms with Gasteiger partial charge >= 0.3 is 6.36 Å². The smallest absolute Gasteiger partial charge is 0.406 e. The van der Waals surface area contributed by atoms with Gasteiger partial charge in [-0.3, -0.25) is 9.59 Å². The number of rotatable bonds is 7. The minimum Gasteiger partial charge on any atom is -0.406 e. The molecular formula is C29H31F3N4O4. The lowest BCUT2D eigenvalue weighted by molar-refractivity contribution is -0.274. The van der Waals surface area contributed by atoms with Gasteiger partial charge in [0.25, 0.3) is 11.8 Å². The Balaban J connectivity index is 1.53. The van der Waals surface area contributed by atoms with Crippen LogP contribution < -0.4 is 15.4 Å². The molecule has 1 saturated heterocycles. The Hall–Kier alpha value is -3.83. The van der Waals surface area contributed by atoms with Gasteiger partial charge in [-0.15, -0.1) is 13.2 Å². The summed E-state index contributed by atoms with van der Waals surface area (Å²) in [5.74, 6) is -0.871. The fraction of sp³-hybridized carbons (Fsp3) is 0.379. The molecule has 2 aromatic carbocycles. The van der Waals surface area contributed by atoms with Crippen molar-refractivity contribution in [1.82, 2.24) is 20.1 Å². The fourth-order valence-corrected chi connectivity index (χ4v) is 5.43. The van der Waals surface area contributed by atoms with Gasteiger partial charge in [-0.1, -0.05) is 24.3 Å². The standard InChI is InChI=1S/C29H31F3N4O4/c1-35-12-9-21(10-13-35)34-27(38)19-7-5-18(6-8-19)26-24(20-3-2-4-23(15-20)40-29(30,31)32)16-25-28(39)33-17-22(11-14-37)36(25)26/h2-8,15-16,21-22,37H,9-14,17H2,1H3,(H,33,39)(H,34,38). The summed E-state index contributed by atoms with van der Waals surface area (Å²) in [5, 5.41) is 15.6. The van der Waals surface area contributed by atoms with Gasteiger partial charge in [-0.2, -0.15) is 0 Å². The summed E-state index contributed by atoms with van der Waals surface area (Å²) in [4.78, 5) is 28.0. The van der Waals surface area contributed by atoms with Gasteiger partial charge in [-0.25, -0.2) is 0 Å². The first-order chi connectivity index (χ1) is 19.1. The predicted molar refractivity (Wildman–Crippen MR) is 143 cm³/mol. The van der Waals surface area contributed by atoms with Crippen LogP contribution in [0.3, 0.4) is 0 Å². The molecule has 2 aliphatic heterocycles. The molecule has 1 atom stereocenters. The summed E-state index contributed by atoms with van der Waals surface area (Å²) in [5.41, 5.74) is 3.07. The number of aliphatic hydroxyl groups is 1. The van der Waals surface area contributed by atoms with Gasteiger partial charge in [-0.05, 0) is 80.9 Å². The van der Waals surface area contributed by atoms with E-state index < -0.39 is 6.36 Å². The molecule has 1 fully saturated rings.